The van der Waals surface area contributed by atoms with E-state index >= 15 is 0 Å². The van der Waals surface area contributed by atoms with E-state index < -0.39 is 0 Å². The standard InChI is InChI=1S/C19H29N5S.HI/c1-14-22-17-7-4-5-8-18(17)24(14)12-6-11-21-19(20-2)23-15-9-10-16(13-15)25-3;/h4-5,7-8,15-16H,6,9-13H2,1-3H3,(H2,20,21,23);1H. The summed E-state index contributed by atoms with van der Waals surface area (Å²) in [6.45, 7) is 3.95. The van der Waals surface area contributed by atoms with E-state index in [0.717, 1.165) is 42.1 Å². The maximum absolute atomic E-state index is 4.63. The summed E-state index contributed by atoms with van der Waals surface area (Å²) < 4.78 is 2.30. The van der Waals surface area contributed by atoms with Crippen LogP contribution in [-0.4, -0.2) is 46.7 Å². The van der Waals surface area contributed by atoms with Crippen molar-refractivity contribution >= 4 is 52.7 Å². The summed E-state index contributed by atoms with van der Waals surface area (Å²) in [5, 5.41) is 7.83. The Kier molecular flexibility index (Phi) is 8.53. The van der Waals surface area contributed by atoms with Crippen LogP contribution in [0.3, 0.4) is 0 Å². The number of hydrogen-bond donors (Lipinski definition) is 2. The first-order chi connectivity index (χ1) is 12.2. The smallest absolute Gasteiger partial charge is 0.191 e. The van der Waals surface area contributed by atoms with Crippen molar-refractivity contribution in [2.75, 3.05) is 19.8 Å². The normalized spacial score (nSPS) is 20.2. The minimum absolute atomic E-state index is 0. The Bertz CT molecular complexity index is 730. The summed E-state index contributed by atoms with van der Waals surface area (Å²) in [6, 6.07) is 8.90. The lowest BCUT2D eigenvalue weighted by Gasteiger charge is -2.17. The molecule has 0 aliphatic heterocycles. The first-order valence-electron chi connectivity index (χ1n) is 9.13. The highest BCUT2D eigenvalue weighted by atomic mass is 127. The molecule has 1 aromatic heterocycles. The van der Waals surface area contributed by atoms with Crippen LogP contribution in [0.5, 0.6) is 0 Å². The highest BCUT2D eigenvalue weighted by Gasteiger charge is 2.24. The van der Waals surface area contributed by atoms with Gasteiger partial charge in [0.05, 0.1) is 11.0 Å². The van der Waals surface area contributed by atoms with Crippen LogP contribution in [0.2, 0.25) is 0 Å². The molecule has 2 atom stereocenters. The van der Waals surface area contributed by atoms with Crippen molar-refractivity contribution in [3.8, 4) is 0 Å². The maximum Gasteiger partial charge on any atom is 0.191 e. The number of nitrogens with one attached hydrogen (secondary N) is 2. The molecule has 1 fully saturated rings. The van der Waals surface area contributed by atoms with Crippen LogP contribution < -0.4 is 10.6 Å². The van der Waals surface area contributed by atoms with Gasteiger partial charge in [-0.05, 0) is 51.0 Å². The van der Waals surface area contributed by atoms with Crippen molar-refractivity contribution in [1.29, 1.82) is 0 Å². The number of benzene rings is 1. The van der Waals surface area contributed by atoms with Gasteiger partial charge in [0.15, 0.2) is 5.96 Å². The van der Waals surface area contributed by atoms with E-state index in [-0.39, 0.29) is 24.0 Å². The molecule has 7 heteroatoms. The topological polar surface area (TPSA) is 54.2 Å². The van der Waals surface area contributed by atoms with Crippen molar-refractivity contribution in [2.45, 2.75) is 50.4 Å². The second kappa shape index (κ2) is 10.4. The highest BCUT2D eigenvalue weighted by molar-refractivity contribution is 14.0. The first kappa shape index (κ1) is 21.3. The lowest BCUT2D eigenvalue weighted by Crippen LogP contribution is -2.43. The number of para-hydroxylation sites is 2. The van der Waals surface area contributed by atoms with Crippen LogP contribution in [-0.2, 0) is 6.54 Å². The average Bonchev–Trinajstić information content (AvgIpc) is 3.21. The molecule has 2 aromatic rings. The number of aromatic nitrogens is 2. The minimum atomic E-state index is 0. The number of rotatable bonds is 6. The molecule has 0 saturated heterocycles. The summed E-state index contributed by atoms with van der Waals surface area (Å²) in [5.74, 6) is 2.01. The predicted octanol–water partition coefficient (Wildman–Crippen LogP) is 3.80. The number of guanidine groups is 1. The molecule has 1 saturated carbocycles. The van der Waals surface area contributed by atoms with Gasteiger partial charge in [0.2, 0.25) is 0 Å². The van der Waals surface area contributed by atoms with Crippen LogP contribution in [0.25, 0.3) is 11.0 Å². The molecule has 2 N–H and O–H groups in total. The third-order valence-electron chi connectivity index (χ3n) is 4.98. The number of aryl methyl sites for hydroxylation is 2. The molecule has 1 heterocycles. The Labute approximate surface area is 177 Å². The van der Waals surface area contributed by atoms with Crippen LogP contribution in [0, 0.1) is 6.92 Å². The number of nitrogens with zero attached hydrogens (tertiary/aromatic N) is 3. The number of halogens is 1. The fourth-order valence-corrected chi connectivity index (χ4v) is 4.39. The summed E-state index contributed by atoms with van der Waals surface area (Å²) in [4.78, 5) is 9.00. The molecule has 1 aliphatic rings. The molecule has 3 rings (SSSR count). The zero-order chi connectivity index (χ0) is 17.6. The predicted molar refractivity (Wildman–Crippen MR) is 124 cm³/mol. The number of hydrogen-bond acceptors (Lipinski definition) is 3. The molecule has 26 heavy (non-hydrogen) atoms. The Hall–Kier alpha value is -0.960. The SMILES string of the molecule is CN=C(NCCCn1c(C)nc2ccccc21)NC1CCC(SC)C1.I. The molecule has 2 unspecified atom stereocenters. The van der Waals surface area contributed by atoms with Gasteiger partial charge >= 0.3 is 0 Å². The fourth-order valence-electron chi connectivity index (χ4n) is 3.60. The second-order valence-corrected chi connectivity index (χ2v) is 7.80. The van der Waals surface area contributed by atoms with Crippen LogP contribution >= 0.6 is 35.7 Å². The summed E-state index contributed by atoms with van der Waals surface area (Å²) in [7, 11) is 1.85. The molecular formula is C19H30IN5S. The van der Waals surface area contributed by atoms with Gasteiger partial charge in [-0.3, -0.25) is 4.99 Å². The Balaban J connectivity index is 0.00000243. The van der Waals surface area contributed by atoms with Gasteiger partial charge in [-0.25, -0.2) is 4.98 Å². The minimum Gasteiger partial charge on any atom is -0.356 e. The van der Waals surface area contributed by atoms with Crippen molar-refractivity contribution in [1.82, 2.24) is 20.2 Å². The first-order valence-corrected chi connectivity index (χ1v) is 10.4. The van der Waals surface area contributed by atoms with Gasteiger partial charge < -0.3 is 15.2 Å². The van der Waals surface area contributed by atoms with Gasteiger partial charge in [-0.1, -0.05) is 12.1 Å². The van der Waals surface area contributed by atoms with Crippen molar-refractivity contribution < 1.29 is 0 Å². The lowest BCUT2D eigenvalue weighted by molar-refractivity contribution is 0.595. The van der Waals surface area contributed by atoms with Crippen LogP contribution in [0.4, 0.5) is 0 Å². The summed E-state index contributed by atoms with van der Waals surface area (Å²) in [5.41, 5.74) is 2.30. The second-order valence-electron chi connectivity index (χ2n) is 6.66. The van der Waals surface area contributed by atoms with Gasteiger partial charge in [-0.15, -0.1) is 24.0 Å². The van der Waals surface area contributed by atoms with Crippen LogP contribution in [0.15, 0.2) is 29.3 Å². The van der Waals surface area contributed by atoms with E-state index in [0.29, 0.717) is 6.04 Å². The number of fused-ring (bicyclic) bond motifs is 1. The number of thioether (sulfide) groups is 1. The van der Waals surface area contributed by atoms with E-state index in [1.807, 2.05) is 24.9 Å². The van der Waals surface area contributed by atoms with E-state index in [4.69, 9.17) is 0 Å². The fraction of sp³-hybridized carbons (Fsp3) is 0.579. The van der Waals surface area contributed by atoms with Gasteiger partial charge in [-0.2, -0.15) is 11.8 Å². The highest BCUT2D eigenvalue weighted by Crippen LogP contribution is 2.28. The van der Waals surface area contributed by atoms with Gasteiger partial charge in [0.1, 0.15) is 5.82 Å². The summed E-state index contributed by atoms with van der Waals surface area (Å²) in [6.07, 6.45) is 7.04. The zero-order valence-corrected chi connectivity index (χ0v) is 19.0. The molecule has 0 bridgehead atoms. The largest absolute Gasteiger partial charge is 0.356 e. The molecule has 5 nitrogen and oxygen atoms in total. The molecule has 1 aliphatic carbocycles. The molecular weight excluding hydrogens is 457 g/mol. The summed E-state index contributed by atoms with van der Waals surface area (Å²) >= 11 is 1.98. The molecule has 0 spiro atoms. The average molecular weight is 487 g/mol. The number of aliphatic imine (C=N–C) groups is 1. The van der Waals surface area contributed by atoms with E-state index in [9.17, 15) is 0 Å². The molecule has 1 aromatic carbocycles. The quantitative estimate of drug-likeness (QED) is 0.282. The van der Waals surface area contributed by atoms with Crippen molar-refractivity contribution in [3.63, 3.8) is 0 Å². The van der Waals surface area contributed by atoms with E-state index in [2.05, 4.69) is 56.6 Å². The van der Waals surface area contributed by atoms with Crippen molar-refractivity contribution in [2.24, 2.45) is 4.99 Å². The Morgan fingerprint density at radius 1 is 1.35 bits per heavy atom. The third kappa shape index (κ3) is 5.28. The Morgan fingerprint density at radius 2 is 2.15 bits per heavy atom. The number of imidazole rings is 1. The molecule has 0 radical (unpaired) electrons. The van der Waals surface area contributed by atoms with Gasteiger partial charge in [0.25, 0.3) is 0 Å². The monoisotopic (exact) mass is 487 g/mol. The maximum atomic E-state index is 4.63. The van der Waals surface area contributed by atoms with Crippen LogP contribution in [0.1, 0.15) is 31.5 Å². The zero-order valence-electron chi connectivity index (χ0n) is 15.9. The van der Waals surface area contributed by atoms with Crippen molar-refractivity contribution in [3.05, 3.63) is 30.1 Å². The lowest BCUT2D eigenvalue weighted by atomic mass is 10.2. The molecule has 144 valence electrons. The van der Waals surface area contributed by atoms with E-state index in [1.165, 1.54) is 24.8 Å². The Morgan fingerprint density at radius 3 is 2.88 bits per heavy atom. The molecule has 0 amide bonds. The third-order valence-corrected chi connectivity index (χ3v) is 6.07. The van der Waals surface area contributed by atoms with E-state index in [1.54, 1.807) is 0 Å². The van der Waals surface area contributed by atoms with Gasteiger partial charge in [0, 0.05) is 31.4 Å².